The molecule has 0 fully saturated rings. The molecule has 31 heavy (non-hydrogen) atoms. The van der Waals surface area contributed by atoms with Gasteiger partial charge < -0.3 is 24.3 Å². The molecule has 3 aromatic rings. The van der Waals surface area contributed by atoms with E-state index >= 15 is 0 Å². The summed E-state index contributed by atoms with van der Waals surface area (Å²) in [6.07, 6.45) is 3.53. The van der Waals surface area contributed by atoms with E-state index < -0.39 is 0 Å². The van der Waals surface area contributed by atoms with Crippen molar-refractivity contribution in [1.29, 1.82) is 0 Å². The topological polar surface area (TPSA) is 61.8 Å². The average molecular weight is 530 g/mol. The maximum Gasteiger partial charge on any atom is 0.231 e. The second kappa shape index (κ2) is 12.0. The van der Waals surface area contributed by atoms with Gasteiger partial charge in [-0.1, -0.05) is 12.1 Å². The van der Waals surface area contributed by atoms with Crippen LogP contribution in [0.2, 0.25) is 0 Å². The van der Waals surface area contributed by atoms with Gasteiger partial charge in [-0.05, 0) is 57.4 Å². The predicted octanol–water partition coefficient (Wildman–Crippen LogP) is 5.29. The van der Waals surface area contributed by atoms with Gasteiger partial charge in [0.2, 0.25) is 6.79 Å². The zero-order chi connectivity index (χ0) is 20.1. The second-order valence-corrected chi connectivity index (χ2v) is 7.40. The molecule has 166 valence electrons. The number of rotatable bonds is 8. The van der Waals surface area contributed by atoms with Crippen LogP contribution in [0.5, 0.6) is 23.0 Å². The van der Waals surface area contributed by atoms with E-state index in [1.807, 2.05) is 42.5 Å². The van der Waals surface area contributed by atoms with E-state index in [9.17, 15) is 0 Å². The molecule has 0 saturated carbocycles. The lowest BCUT2D eigenvalue weighted by molar-refractivity contribution is 0.174. The lowest BCUT2D eigenvalue weighted by atomic mass is 10.1. The van der Waals surface area contributed by atoms with E-state index in [1.165, 1.54) is 0 Å². The van der Waals surface area contributed by atoms with Crippen molar-refractivity contribution >= 4 is 40.7 Å². The van der Waals surface area contributed by atoms with Gasteiger partial charge in [-0.2, -0.15) is 0 Å². The Hall–Kier alpha value is -2.19. The number of ether oxygens (including phenoxy) is 4. The molecule has 2 heterocycles. The van der Waals surface area contributed by atoms with Crippen LogP contribution in [0.1, 0.15) is 16.7 Å². The molecular weight excluding hydrogens is 507 g/mol. The highest BCUT2D eigenvalue weighted by molar-refractivity contribution is 9.10. The monoisotopic (exact) mass is 528 g/mol. The summed E-state index contributed by atoms with van der Waals surface area (Å²) < 4.78 is 23.1. The molecule has 1 N–H and O–H groups in total. The molecule has 6 nitrogen and oxygen atoms in total. The van der Waals surface area contributed by atoms with E-state index in [0.717, 1.165) is 39.2 Å². The van der Waals surface area contributed by atoms with Crippen molar-refractivity contribution in [2.24, 2.45) is 0 Å². The third-order valence-corrected chi connectivity index (χ3v) is 5.08. The molecule has 0 spiro atoms. The quantitative estimate of drug-likeness (QED) is 0.427. The summed E-state index contributed by atoms with van der Waals surface area (Å²) >= 11 is 3.60. The van der Waals surface area contributed by atoms with Crippen LogP contribution in [0.4, 0.5) is 0 Å². The summed E-state index contributed by atoms with van der Waals surface area (Å²) in [6.45, 7) is 2.11. The number of methoxy groups -OCH3 is 1. The Morgan fingerprint density at radius 1 is 1.00 bits per heavy atom. The molecule has 0 aliphatic carbocycles. The SMILES string of the molecule is COc1cc(CNCc2ccc3c(c2)OCO3)cc(Br)c1OCc1cccnc1.Cl.Cl. The van der Waals surface area contributed by atoms with Gasteiger partial charge in [0.15, 0.2) is 23.0 Å². The highest BCUT2D eigenvalue weighted by Gasteiger charge is 2.14. The van der Waals surface area contributed by atoms with E-state index in [-0.39, 0.29) is 31.6 Å². The first-order valence-electron chi connectivity index (χ1n) is 9.20. The van der Waals surface area contributed by atoms with Gasteiger partial charge in [-0.25, -0.2) is 0 Å². The Bertz CT molecular complexity index is 993. The summed E-state index contributed by atoms with van der Waals surface area (Å²) in [5.74, 6) is 2.95. The summed E-state index contributed by atoms with van der Waals surface area (Å²) in [7, 11) is 1.64. The average Bonchev–Trinajstić information content (AvgIpc) is 3.21. The van der Waals surface area contributed by atoms with Crippen molar-refractivity contribution in [3.63, 3.8) is 0 Å². The molecule has 1 aromatic heterocycles. The number of hydrogen-bond donors (Lipinski definition) is 1. The number of nitrogens with one attached hydrogen (secondary N) is 1. The van der Waals surface area contributed by atoms with Crippen LogP contribution in [0.3, 0.4) is 0 Å². The zero-order valence-corrected chi connectivity index (χ0v) is 20.0. The number of halogens is 3. The molecule has 0 amide bonds. The van der Waals surface area contributed by atoms with Gasteiger partial charge in [-0.3, -0.25) is 4.98 Å². The first-order chi connectivity index (χ1) is 14.2. The van der Waals surface area contributed by atoms with E-state index in [4.69, 9.17) is 18.9 Å². The molecular formula is C22H23BrCl2N2O4. The number of pyridine rings is 1. The Kier molecular flexibility index (Phi) is 9.71. The third kappa shape index (κ3) is 6.40. The van der Waals surface area contributed by atoms with Gasteiger partial charge in [0, 0.05) is 31.0 Å². The highest BCUT2D eigenvalue weighted by Crippen LogP contribution is 2.37. The summed E-state index contributed by atoms with van der Waals surface area (Å²) in [5, 5.41) is 3.44. The fourth-order valence-corrected chi connectivity index (χ4v) is 3.66. The lowest BCUT2D eigenvalue weighted by Gasteiger charge is -2.15. The molecule has 0 unspecified atom stereocenters. The van der Waals surface area contributed by atoms with E-state index in [0.29, 0.717) is 24.7 Å². The number of benzene rings is 2. The minimum absolute atomic E-state index is 0. The highest BCUT2D eigenvalue weighted by atomic mass is 79.9. The number of nitrogens with zero attached hydrogens (tertiary/aromatic N) is 1. The van der Waals surface area contributed by atoms with Gasteiger partial charge in [0.25, 0.3) is 0 Å². The first-order valence-corrected chi connectivity index (χ1v) is 9.99. The van der Waals surface area contributed by atoms with Crippen molar-refractivity contribution in [3.05, 3.63) is 76.0 Å². The first kappa shape index (κ1) is 25.1. The molecule has 0 radical (unpaired) electrons. The Balaban J connectivity index is 0.00000171. The molecule has 0 saturated heterocycles. The van der Waals surface area contributed by atoms with Crippen molar-refractivity contribution in [2.45, 2.75) is 19.7 Å². The van der Waals surface area contributed by atoms with Crippen molar-refractivity contribution in [2.75, 3.05) is 13.9 Å². The predicted molar refractivity (Wildman–Crippen MR) is 127 cm³/mol. The smallest absolute Gasteiger partial charge is 0.231 e. The third-order valence-electron chi connectivity index (χ3n) is 4.49. The van der Waals surface area contributed by atoms with Gasteiger partial charge in [-0.15, -0.1) is 24.8 Å². The van der Waals surface area contributed by atoms with Crippen LogP contribution in [0.15, 0.2) is 59.3 Å². The normalized spacial score (nSPS) is 11.3. The van der Waals surface area contributed by atoms with Crippen LogP contribution < -0.4 is 24.3 Å². The maximum atomic E-state index is 5.96. The van der Waals surface area contributed by atoms with Gasteiger partial charge in [0.1, 0.15) is 6.61 Å². The largest absolute Gasteiger partial charge is 0.493 e. The minimum atomic E-state index is 0. The van der Waals surface area contributed by atoms with Crippen LogP contribution in [-0.4, -0.2) is 18.9 Å². The van der Waals surface area contributed by atoms with E-state index in [2.05, 4.69) is 26.2 Å². The van der Waals surface area contributed by atoms with E-state index in [1.54, 1.807) is 19.5 Å². The number of fused-ring (bicyclic) bond motifs is 1. The summed E-state index contributed by atoms with van der Waals surface area (Å²) in [4.78, 5) is 4.11. The Labute approximate surface area is 202 Å². The van der Waals surface area contributed by atoms with Crippen LogP contribution in [-0.2, 0) is 19.7 Å². The fraction of sp³-hybridized carbons (Fsp3) is 0.227. The molecule has 0 bridgehead atoms. The van der Waals surface area contributed by atoms with Crippen LogP contribution in [0, 0.1) is 0 Å². The van der Waals surface area contributed by atoms with Crippen molar-refractivity contribution in [1.82, 2.24) is 10.3 Å². The molecule has 2 aromatic carbocycles. The summed E-state index contributed by atoms with van der Waals surface area (Å²) in [6, 6.07) is 13.9. The second-order valence-electron chi connectivity index (χ2n) is 6.55. The van der Waals surface area contributed by atoms with Crippen molar-refractivity contribution < 1.29 is 18.9 Å². The zero-order valence-electron chi connectivity index (χ0n) is 16.8. The van der Waals surface area contributed by atoms with Crippen LogP contribution in [0.25, 0.3) is 0 Å². The Morgan fingerprint density at radius 2 is 1.81 bits per heavy atom. The summed E-state index contributed by atoms with van der Waals surface area (Å²) in [5.41, 5.74) is 3.22. The standard InChI is InChI=1S/C22H21BrN2O4.2ClH/c1-26-21-9-17(7-18(23)22(21)27-13-16-3-2-6-24-11-16)12-25-10-15-4-5-19-20(8-15)29-14-28-19;;/h2-9,11,25H,10,12-14H2,1H3;2*1H. The molecule has 0 atom stereocenters. The molecule has 9 heteroatoms. The number of aromatic nitrogens is 1. The number of hydrogen-bond acceptors (Lipinski definition) is 6. The Morgan fingerprint density at radius 3 is 2.58 bits per heavy atom. The van der Waals surface area contributed by atoms with Crippen LogP contribution >= 0.6 is 40.7 Å². The lowest BCUT2D eigenvalue weighted by Crippen LogP contribution is -2.13. The molecule has 1 aliphatic rings. The van der Waals surface area contributed by atoms with Gasteiger partial charge in [0.05, 0.1) is 11.6 Å². The fourth-order valence-electron chi connectivity index (χ4n) is 3.06. The van der Waals surface area contributed by atoms with Crippen molar-refractivity contribution in [3.8, 4) is 23.0 Å². The van der Waals surface area contributed by atoms with Gasteiger partial charge >= 0.3 is 0 Å². The minimum Gasteiger partial charge on any atom is -0.493 e. The molecule has 1 aliphatic heterocycles. The maximum absolute atomic E-state index is 5.96. The molecule has 4 rings (SSSR count).